The Morgan fingerprint density at radius 3 is 1.74 bits per heavy atom. The standard InChI is InChI=1S/C11H13NO4S.C8H6ClNO3S/c1-7(2)16-17(14,15)9-3-4-10-8(5-9)6-11(13)12-10;9-14(12,13)6-1-2-7-5(3-6)4-8(11)10-7/h3-5,7H,6H2,1-2H3,(H,12,13);1-3H,4H2,(H,10,11). The average Bonchev–Trinajstić information content (AvgIpc) is 3.19. The third-order valence-corrected chi connectivity index (χ3v) is 7.11. The summed E-state index contributed by atoms with van der Waals surface area (Å²) >= 11 is 0. The number of carbonyl (C=O) groups is 2. The van der Waals surface area contributed by atoms with Gasteiger partial charge < -0.3 is 10.6 Å². The van der Waals surface area contributed by atoms with E-state index in [4.69, 9.17) is 14.9 Å². The van der Waals surface area contributed by atoms with E-state index in [9.17, 15) is 26.4 Å². The van der Waals surface area contributed by atoms with Crippen molar-refractivity contribution in [2.45, 2.75) is 42.6 Å². The molecule has 2 aliphatic rings. The first-order valence-electron chi connectivity index (χ1n) is 9.08. The number of anilines is 2. The van der Waals surface area contributed by atoms with Gasteiger partial charge in [-0.2, -0.15) is 8.42 Å². The van der Waals surface area contributed by atoms with Gasteiger partial charge in [0.15, 0.2) is 0 Å². The molecule has 166 valence electrons. The van der Waals surface area contributed by atoms with Crippen LogP contribution in [-0.2, 0) is 45.8 Å². The van der Waals surface area contributed by atoms with Crippen molar-refractivity contribution in [3.63, 3.8) is 0 Å². The first-order valence-corrected chi connectivity index (χ1v) is 12.8. The highest BCUT2D eigenvalue weighted by Crippen LogP contribution is 2.28. The van der Waals surface area contributed by atoms with Crippen molar-refractivity contribution in [3.05, 3.63) is 47.5 Å². The lowest BCUT2D eigenvalue weighted by molar-refractivity contribution is -0.115. The molecule has 9 nitrogen and oxygen atoms in total. The van der Waals surface area contributed by atoms with Crippen LogP contribution in [0, 0.1) is 0 Å². The summed E-state index contributed by atoms with van der Waals surface area (Å²) < 4.78 is 50.4. The van der Waals surface area contributed by atoms with Crippen molar-refractivity contribution >= 4 is 53.0 Å². The molecule has 2 N–H and O–H groups in total. The molecular weight excluding hydrogens is 468 g/mol. The van der Waals surface area contributed by atoms with Crippen LogP contribution in [0.1, 0.15) is 25.0 Å². The molecule has 0 atom stereocenters. The summed E-state index contributed by atoms with van der Waals surface area (Å²) in [5.41, 5.74) is 2.66. The lowest BCUT2D eigenvalue weighted by Gasteiger charge is -2.09. The van der Waals surface area contributed by atoms with Gasteiger partial charge in [0.2, 0.25) is 11.8 Å². The molecule has 0 spiro atoms. The average molecular weight is 487 g/mol. The minimum Gasteiger partial charge on any atom is -0.326 e. The summed E-state index contributed by atoms with van der Waals surface area (Å²) in [5, 5.41) is 5.24. The Morgan fingerprint density at radius 1 is 0.839 bits per heavy atom. The molecule has 2 heterocycles. The van der Waals surface area contributed by atoms with E-state index in [0.717, 1.165) is 0 Å². The van der Waals surface area contributed by atoms with Crippen LogP contribution in [0.4, 0.5) is 11.4 Å². The van der Waals surface area contributed by atoms with Crippen molar-refractivity contribution in [1.29, 1.82) is 0 Å². The van der Waals surface area contributed by atoms with E-state index in [-0.39, 0.29) is 34.4 Å². The zero-order valence-electron chi connectivity index (χ0n) is 16.5. The zero-order valence-corrected chi connectivity index (χ0v) is 18.9. The predicted octanol–water partition coefficient (Wildman–Crippen LogP) is 2.40. The molecule has 2 aromatic carbocycles. The van der Waals surface area contributed by atoms with E-state index in [2.05, 4.69) is 10.6 Å². The molecule has 2 aliphatic heterocycles. The van der Waals surface area contributed by atoms with Crippen LogP contribution in [0.2, 0.25) is 0 Å². The molecule has 2 amide bonds. The highest BCUT2D eigenvalue weighted by atomic mass is 35.7. The molecule has 0 fully saturated rings. The maximum Gasteiger partial charge on any atom is 0.297 e. The summed E-state index contributed by atoms with van der Waals surface area (Å²) in [4.78, 5) is 22.2. The smallest absolute Gasteiger partial charge is 0.297 e. The number of nitrogens with one attached hydrogen (secondary N) is 2. The second kappa shape index (κ2) is 8.58. The number of amides is 2. The van der Waals surface area contributed by atoms with Gasteiger partial charge in [0.1, 0.15) is 0 Å². The molecule has 2 aromatic rings. The van der Waals surface area contributed by atoms with Crippen molar-refractivity contribution in [3.8, 4) is 0 Å². The Kier molecular flexibility index (Phi) is 6.42. The van der Waals surface area contributed by atoms with Crippen LogP contribution >= 0.6 is 10.7 Å². The molecule has 4 rings (SSSR count). The van der Waals surface area contributed by atoms with E-state index < -0.39 is 25.3 Å². The Morgan fingerprint density at radius 2 is 1.29 bits per heavy atom. The van der Waals surface area contributed by atoms with Crippen molar-refractivity contribution in [2.24, 2.45) is 0 Å². The van der Waals surface area contributed by atoms with Crippen LogP contribution in [0.5, 0.6) is 0 Å². The quantitative estimate of drug-likeness (QED) is 0.500. The first-order chi connectivity index (χ1) is 14.3. The summed E-state index contributed by atoms with van der Waals surface area (Å²) in [7, 11) is -2.28. The second-order valence-corrected chi connectivity index (χ2v) is 11.3. The molecule has 0 radical (unpaired) electrons. The number of halogens is 1. The molecule has 0 saturated carbocycles. The number of hydrogen-bond donors (Lipinski definition) is 2. The normalized spacial score (nSPS) is 15.0. The molecular formula is C19H19ClN2O7S2. The van der Waals surface area contributed by atoms with Crippen molar-refractivity contribution in [1.82, 2.24) is 0 Å². The molecule has 0 aliphatic carbocycles. The Hall–Kier alpha value is -2.47. The van der Waals surface area contributed by atoms with E-state index in [1.807, 2.05) is 0 Å². The summed E-state index contributed by atoms with van der Waals surface area (Å²) in [5.74, 6) is -0.261. The van der Waals surface area contributed by atoms with Crippen LogP contribution in [0.25, 0.3) is 0 Å². The minimum atomic E-state index is -3.74. The highest BCUT2D eigenvalue weighted by Gasteiger charge is 2.23. The Bertz CT molecular complexity index is 1270. The third-order valence-electron chi connectivity index (χ3n) is 4.29. The van der Waals surface area contributed by atoms with Gasteiger partial charge in [-0.3, -0.25) is 13.8 Å². The lowest BCUT2D eigenvalue weighted by Crippen LogP contribution is -2.12. The van der Waals surface area contributed by atoms with Gasteiger partial charge in [-0.1, -0.05) is 0 Å². The fourth-order valence-corrected chi connectivity index (χ4v) is 4.97. The van der Waals surface area contributed by atoms with Crippen LogP contribution in [0.15, 0.2) is 46.2 Å². The van der Waals surface area contributed by atoms with E-state index in [1.165, 1.54) is 30.3 Å². The third kappa shape index (κ3) is 5.62. The molecule has 0 aromatic heterocycles. The summed E-state index contributed by atoms with van der Waals surface area (Å²) in [6, 6.07) is 8.81. The molecule has 0 saturated heterocycles. The maximum absolute atomic E-state index is 11.8. The highest BCUT2D eigenvalue weighted by molar-refractivity contribution is 8.13. The fraction of sp³-hybridized carbons (Fsp3) is 0.263. The topological polar surface area (TPSA) is 136 Å². The summed E-state index contributed by atoms with van der Waals surface area (Å²) in [6.07, 6.45) is 0.00340. The zero-order chi connectivity index (χ0) is 23.0. The number of hydrogen-bond acceptors (Lipinski definition) is 7. The second-order valence-electron chi connectivity index (χ2n) is 7.12. The largest absolute Gasteiger partial charge is 0.326 e. The van der Waals surface area contributed by atoms with Gasteiger partial charge in [0, 0.05) is 22.1 Å². The Balaban J connectivity index is 0.000000179. The van der Waals surface area contributed by atoms with Crippen molar-refractivity contribution < 1.29 is 30.6 Å². The monoisotopic (exact) mass is 486 g/mol. The number of benzene rings is 2. The van der Waals surface area contributed by atoms with Gasteiger partial charge >= 0.3 is 0 Å². The summed E-state index contributed by atoms with van der Waals surface area (Å²) in [6.45, 7) is 3.30. The van der Waals surface area contributed by atoms with Gasteiger partial charge in [-0.05, 0) is 61.4 Å². The Labute approximate surface area is 184 Å². The fourth-order valence-electron chi connectivity index (χ4n) is 3.03. The number of carbonyl (C=O) groups excluding carboxylic acids is 2. The van der Waals surface area contributed by atoms with Gasteiger partial charge in [0.25, 0.3) is 19.2 Å². The van der Waals surface area contributed by atoms with E-state index in [1.54, 1.807) is 19.9 Å². The molecule has 0 unspecified atom stereocenters. The minimum absolute atomic E-state index is 0.0226. The van der Waals surface area contributed by atoms with Crippen molar-refractivity contribution in [2.75, 3.05) is 10.6 Å². The van der Waals surface area contributed by atoms with Crippen LogP contribution in [0.3, 0.4) is 0 Å². The molecule has 12 heteroatoms. The van der Waals surface area contributed by atoms with Crippen LogP contribution in [-0.4, -0.2) is 34.8 Å². The van der Waals surface area contributed by atoms with Gasteiger partial charge in [0.05, 0.1) is 28.7 Å². The van der Waals surface area contributed by atoms with Gasteiger partial charge in [-0.25, -0.2) is 8.42 Å². The SMILES string of the molecule is CC(C)OS(=O)(=O)c1ccc2c(c1)CC(=O)N2.O=C1Cc2cc(S(=O)(=O)Cl)ccc2N1. The van der Waals surface area contributed by atoms with E-state index in [0.29, 0.717) is 22.5 Å². The van der Waals surface area contributed by atoms with Crippen LogP contribution < -0.4 is 10.6 Å². The lowest BCUT2D eigenvalue weighted by atomic mass is 10.2. The first kappa shape index (κ1) is 23.2. The number of rotatable bonds is 4. The van der Waals surface area contributed by atoms with E-state index >= 15 is 0 Å². The number of fused-ring (bicyclic) bond motifs is 2. The predicted molar refractivity (Wildman–Crippen MR) is 114 cm³/mol. The van der Waals surface area contributed by atoms with Gasteiger partial charge in [-0.15, -0.1) is 0 Å². The molecule has 31 heavy (non-hydrogen) atoms. The molecule has 0 bridgehead atoms. The maximum atomic E-state index is 11.8.